The Kier molecular flexibility index (Phi) is 4.82. The Morgan fingerprint density at radius 1 is 1.10 bits per heavy atom. The number of benzene rings is 2. The Hall–Kier alpha value is -3.22. The highest BCUT2D eigenvalue weighted by atomic mass is 19.4. The minimum absolute atomic E-state index is 0.118. The van der Waals surface area contributed by atoms with E-state index in [9.17, 15) is 18.0 Å². The van der Waals surface area contributed by atoms with E-state index in [2.05, 4.69) is 9.88 Å². The molecule has 4 nitrogen and oxygen atoms in total. The molecule has 1 aliphatic rings. The third-order valence-corrected chi connectivity index (χ3v) is 5.18. The first kappa shape index (κ1) is 19.1. The zero-order valence-corrected chi connectivity index (χ0v) is 15.8. The largest absolute Gasteiger partial charge is 0.416 e. The molecule has 3 aromatic rings. The molecular weight excluding hydrogens is 379 g/mol. The molecule has 1 atom stereocenters. The number of nitrogens with zero attached hydrogens (tertiary/aromatic N) is 2. The van der Waals surface area contributed by atoms with Crippen molar-refractivity contribution in [3.8, 4) is 5.69 Å². The second-order valence-electron chi connectivity index (χ2n) is 6.99. The molecule has 29 heavy (non-hydrogen) atoms. The Morgan fingerprint density at radius 3 is 2.66 bits per heavy atom. The lowest BCUT2D eigenvalue weighted by Gasteiger charge is -2.29. The number of halogens is 3. The molecule has 2 heterocycles. The van der Waals surface area contributed by atoms with Gasteiger partial charge in [0.25, 0.3) is 0 Å². The monoisotopic (exact) mass is 399 g/mol. The summed E-state index contributed by atoms with van der Waals surface area (Å²) in [6.45, 7) is 2.35. The number of amides is 2. The van der Waals surface area contributed by atoms with Crippen LogP contribution in [0.4, 0.5) is 23.7 Å². The Bertz CT molecular complexity index is 1040. The molecule has 0 saturated carbocycles. The summed E-state index contributed by atoms with van der Waals surface area (Å²) >= 11 is 0. The summed E-state index contributed by atoms with van der Waals surface area (Å²) in [6.07, 6.45) is -1.83. The van der Waals surface area contributed by atoms with Gasteiger partial charge in [0.15, 0.2) is 0 Å². The van der Waals surface area contributed by atoms with Gasteiger partial charge in [0.2, 0.25) is 0 Å². The average molecular weight is 399 g/mol. The molecule has 1 aromatic heterocycles. The van der Waals surface area contributed by atoms with E-state index < -0.39 is 17.8 Å². The predicted molar refractivity (Wildman–Crippen MR) is 105 cm³/mol. The molecule has 4 rings (SSSR count). The van der Waals surface area contributed by atoms with E-state index >= 15 is 0 Å². The maximum Gasteiger partial charge on any atom is 0.416 e. The predicted octanol–water partition coefficient (Wildman–Crippen LogP) is 5.99. The lowest BCUT2D eigenvalue weighted by atomic mass is 10.1. The highest BCUT2D eigenvalue weighted by Gasteiger charge is 2.32. The molecule has 1 N–H and O–H groups in total. The fourth-order valence-corrected chi connectivity index (χ4v) is 3.83. The van der Waals surface area contributed by atoms with Crippen LogP contribution in [0.15, 0.2) is 66.9 Å². The summed E-state index contributed by atoms with van der Waals surface area (Å²) in [4.78, 5) is 14.8. The van der Waals surface area contributed by atoms with Crippen molar-refractivity contribution in [2.24, 2.45) is 0 Å². The van der Waals surface area contributed by atoms with Gasteiger partial charge in [-0.05, 0) is 48.4 Å². The van der Waals surface area contributed by atoms with Gasteiger partial charge in [0.1, 0.15) is 0 Å². The smallest absolute Gasteiger partial charge is 0.318 e. The van der Waals surface area contributed by atoms with Crippen LogP contribution in [0, 0.1) is 0 Å². The molecular formula is C22H20F3N3O. The summed E-state index contributed by atoms with van der Waals surface area (Å²) in [5.41, 5.74) is 2.27. The molecule has 1 unspecified atom stereocenters. The van der Waals surface area contributed by atoms with Gasteiger partial charge < -0.3 is 14.8 Å². The third kappa shape index (κ3) is 3.60. The summed E-state index contributed by atoms with van der Waals surface area (Å²) in [7, 11) is 0. The van der Waals surface area contributed by atoms with Crippen LogP contribution in [0.1, 0.15) is 36.2 Å². The average Bonchev–Trinajstić information content (AvgIpc) is 3.12. The van der Waals surface area contributed by atoms with E-state index in [1.54, 1.807) is 4.90 Å². The van der Waals surface area contributed by atoms with E-state index in [1.807, 2.05) is 49.5 Å². The maximum absolute atomic E-state index is 13.1. The van der Waals surface area contributed by atoms with Crippen LogP contribution in [0.2, 0.25) is 0 Å². The number of urea groups is 1. The fraction of sp³-hybridized carbons (Fsp3) is 0.227. The first-order valence-electron chi connectivity index (χ1n) is 9.39. The van der Waals surface area contributed by atoms with Crippen molar-refractivity contribution in [2.45, 2.75) is 32.1 Å². The van der Waals surface area contributed by atoms with Gasteiger partial charge in [0.05, 0.1) is 23.8 Å². The van der Waals surface area contributed by atoms with Crippen LogP contribution in [-0.4, -0.2) is 15.5 Å². The standard InChI is InChI=1S/C22H20F3N3O/c1-2-18-20-11-6-12-27(20)19-10-4-3-7-15(19)14-28(18)21(29)26-17-9-5-8-16(13-17)22(23,24)25/h3-13,18H,2,14H2,1H3,(H,26,29). The van der Waals surface area contributed by atoms with Crippen LogP contribution in [-0.2, 0) is 12.7 Å². The number of carbonyl (C=O) groups excluding carboxylic acids is 1. The number of aromatic nitrogens is 1. The van der Waals surface area contributed by atoms with Gasteiger partial charge in [0, 0.05) is 17.6 Å². The Morgan fingerprint density at radius 2 is 1.90 bits per heavy atom. The third-order valence-electron chi connectivity index (χ3n) is 5.18. The Labute approximate surface area is 166 Å². The van der Waals surface area contributed by atoms with Crippen molar-refractivity contribution >= 4 is 11.7 Å². The van der Waals surface area contributed by atoms with Crippen molar-refractivity contribution in [3.05, 3.63) is 83.7 Å². The molecule has 0 fully saturated rings. The minimum atomic E-state index is -4.46. The number of hydrogen-bond donors (Lipinski definition) is 1. The highest BCUT2D eigenvalue weighted by molar-refractivity contribution is 5.90. The molecule has 0 saturated heterocycles. The number of nitrogens with one attached hydrogen (secondary N) is 1. The van der Waals surface area contributed by atoms with Crippen LogP contribution < -0.4 is 5.32 Å². The molecule has 0 spiro atoms. The molecule has 7 heteroatoms. The molecule has 0 radical (unpaired) electrons. The van der Waals surface area contributed by atoms with Gasteiger partial charge >= 0.3 is 12.2 Å². The number of anilines is 1. The van der Waals surface area contributed by atoms with Crippen molar-refractivity contribution in [2.75, 3.05) is 5.32 Å². The molecule has 0 aliphatic carbocycles. The number of hydrogen-bond acceptors (Lipinski definition) is 1. The first-order valence-corrected chi connectivity index (χ1v) is 9.39. The summed E-state index contributed by atoms with van der Waals surface area (Å²) in [5, 5.41) is 2.65. The lowest BCUT2D eigenvalue weighted by Crippen LogP contribution is -2.37. The molecule has 2 aromatic carbocycles. The van der Waals surface area contributed by atoms with Gasteiger partial charge in [-0.3, -0.25) is 0 Å². The normalized spacial score (nSPS) is 16.0. The second-order valence-corrected chi connectivity index (χ2v) is 6.99. The van der Waals surface area contributed by atoms with Crippen molar-refractivity contribution < 1.29 is 18.0 Å². The fourth-order valence-electron chi connectivity index (χ4n) is 3.83. The van der Waals surface area contributed by atoms with Crippen LogP contribution in [0.3, 0.4) is 0 Å². The van der Waals surface area contributed by atoms with E-state index in [0.717, 1.165) is 29.1 Å². The molecule has 150 valence electrons. The van der Waals surface area contributed by atoms with Crippen molar-refractivity contribution in [3.63, 3.8) is 0 Å². The minimum Gasteiger partial charge on any atom is -0.318 e. The number of carbonyl (C=O) groups is 1. The SMILES string of the molecule is CCC1c2cccn2-c2ccccc2CN1C(=O)Nc1cccc(C(F)(F)F)c1. The zero-order chi connectivity index (χ0) is 20.6. The van der Waals surface area contributed by atoms with Gasteiger partial charge in [-0.2, -0.15) is 13.2 Å². The number of alkyl halides is 3. The molecule has 1 aliphatic heterocycles. The molecule has 2 amide bonds. The van der Waals surface area contributed by atoms with Gasteiger partial charge in [-0.15, -0.1) is 0 Å². The molecule has 0 bridgehead atoms. The first-order chi connectivity index (χ1) is 13.9. The second kappa shape index (κ2) is 7.31. The van der Waals surface area contributed by atoms with Crippen LogP contribution in [0.25, 0.3) is 5.69 Å². The number of para-hydroxylation sites is 1. The van der Waals surface area contributed by atoms with Crippen LogP contribution >= 0.6 is 0 Å². The topological polar surface area (TPSA) is 37.3 Å². The number of rotatable bonds is 2. The summed E-state index contributed by atoms with van der Waals surface area (Å²) in [5.74, 6) is 0. The van der Waals surface area contributed by atoms with E-state index in [4.69, 9.17) is 0 Å². The van der Waals surface area contributed by atoms with Gasteiger partial charge in [-0.1, -0.05) is 31.2 Å². The Balaban J connectivity index is 1.68. The van der Waals surface area contributed by atoms with Crippen molar-refractivity contribution in [1.29, 1.82) is 0 Å². The van der Waals surface area contributed by atoms with E-state index in [0.29, 0.717) is 13.0 Å². The highest BCUT2D eigenvalue weighted by Crippen LogP contribution is 2.35. The summed E-state index contributed by atoms with van der Waals surface area (Å²) < 4.78 is 41.1. The van der Waals surface area contributed by atoms with E-state index in [-0.39, 0.29) is 11.7 Å². The van der Waals surface area contributed by atoms with E-state index in [1.165, 1.54) is 12.1 Å². The van der Waals surface area contributed by atoms with Crippen molar-refractivity contribution in [1.82, 2.24) is 9.47 Å². The maximum atomic E-state index is 13.1. The quantitative estimate of drug-likeness (QED) is 0.564. The number of fused-ring (bicyclic) bond motifs is 3. The van der Waals surface area contributed by atoms with Gasteiger partial charge in [-0.25, -0.2) is 4.79 Å². The summed E-state index contributed by atoms with van der Waals surface area (Å²) in [6, 6.07) is 15.8. The lowest BCUT2D eigenvalue weighted by molar-refractivity contribution is -0.137. The van der Waals surface area contributed by atoms with Crippen LogP contribution in [0.5, 0.6) is 0 Å². The zero-order valence-electron chi connectivity index (χ0n) is 15.8.